The van der Waals surface area contributed by atoms with E-state index in [-0.39, 0.29) is 0 Å². The van der Waals surface area contributed by atoms with Gasteiger partial charge in [0.05, 0.1) is 7.11 Å². The zero-order valence-corrected chi connectivity index (χ0v) is 9.73. The van der Waals surface area contributed by atoms with Crippen molar-refractivity contribution in [3.8, 4) is 0 Å². The molecule has 0 aromatic heterocycles. The van der Waals surface area contributed by atoms with Gasteiger partial charge in [-0.3, -0.25) is 0 Å². The second-order valence-electron chi connectivity index (χ2n) is 3.95. The van der Waals surface area contributed by atoms with Crippen LogP contribution >= 0.6 is 11.6 Å². The fourth-order valence-electron chi connectivity index (χ4n) is 2.13. The van der Waals surface area contributed by atoms with Crippen molar-refractivity contribution in [2.24, 2.45) is 0 Å². The molecule has 0 saturated carbocycles. The first-order chi connectivity index (χ1) is 7.31. The highest BCUT2D eigenvalue weighted by Crippen LogP contribution is 2.29. The third-order valence-corrected chi connectivity index (χ3v) is 3.23. The van der Waals surface area contributed by atoms with Crippen molar-refractivity contribution in [2.45, 2.75) is 32.2 Å². The molecule has 0 fully saturated rings. The van der Waals surface area contributed by atoms with E-state index in [9.17, 15) is 0 Å². The molecule has 0 amide bonds. The lowest BCUT2D eigenvalue weighted by Crippen LogP contribution is -2.12. The fourth-order valence-corrected chi connectivity index (χ4v) is 2.49. The summed E-state index contributed by atoms with van der Waals surface area (Å²) >= 11 is 6.26. The lowest BCUT2D eigenvalue weighted by Gasteiger charge is -2.18. The molecule has 82 valence electrons. The summed E-state index contributed by atoms with van der Waals surface area (Å²) in [4.78, 5) is 4.84. The van der Waals surface area contributed by atoms with Gasteiger partial charge in [-0.15, -0.1) is 0 Å². The van der Waals surface area contributed by atoms with Gasteiger partial charge in [-0.05, 0) is 48.4 Å². The van der Waals surface area contributed by atoms with Gasteiger partial charge < -0.3 is 4.84 Å². The maximum atomic E-state index is 6.26. The standard InChI is InChI=1S/C12H16ClNO/c1-15-14-8-9-6-10-4-2-3-5-11(10)12(13)7-9/h6-7,14H,2-5,8H2,1H3. The van der Waals surface area contributed by atoms with Crippen LogP contribution in [0.1, 0.15) is 29.5 Å². The van der Waals surface area contributed by atoms with Gasteiger partial charge in [-0.25, -0.2) is 0 Å². The number of halogens is 1. The first kappa shape index (κ1) is 10.9. The Hall–Kier alpha value is -0.570. The van der Waals surface area contributed by atoms with Crippen LogP contribution in [0.15, 0.2) is 12.1 Å². The summed E-state index contributed by atoms with van der Waals surface area (Å²) in [6.45, 7) is 0.712. The molecule has 3 heteroatoms. The van der Waals surface area contributed by atoms with Gasteiger partial charge in [-0.2, -0.15) is 5.48 Å². The molecule has 0 aliphatic heterocycles. The SMILES string of the molecule is CONCc1cc(Cl)c2c(c1)CCCC2. The van der Waals surface area contributed by atoms with Gasteiger partial charge >= 0.3 is 0 Å². The second-order valence-corrected chi connectivity index (χ2v) is 4.35. The number of hydroxylamine groups is 1. The maximum Gasteiger partial charge on any atom is 0.0572 e. The van der Waals surface area contributed by atoms with Crippen molar-refractivity contribution in [3.63, 3.8) is 0 Å². The highest BCUT2D eigenvalue weighted by Gasteiger charge is 2.13. The predicted molar refractivity (Wildman–Crippen MR) is 61.9 cm³/mol. The molecule has 1 N–H and O–H groups in total. The summed E-state index contributed by atoms with van der Waals surface area (Å²) in [5, 5.41) is 0.917. The van der Waals surface area contributed by atoms with Gasteiger partial charge in [0.1, 0.15) is 0 Å². The zero-order valence-electron chi connectivity index (χ0n) is 8.98. The monoisotopic (exact) mass is 225 g/mol. The molecule has 0 spiro atoms. The Bertz CT molecular complexity index is 352. The Morgan fingerprint density at radius 1 is 1.33 bits per heavy atom. The smallest absolute Gasteiger partial charge is 0.0572 e. The van der Waals surface area contributed by atoms with E-state index < -0.39 is 0 Å². The molecule has 0 atom stereocenters. The van der Waals surface area contributed by atoms with Crippen LogP contribution in [0.5, 0.6) is 0 Å². The van der Waals surface area contributed by atoms with Crippen molar-refractivity contribution in [1.82, 2.24) is 5.48 Å². The van der Waals surface area contributed by atoms with E-state index in [0.29, 0.717) is 6.54 Å². The van der Waals surface area contributed by atoms with E-state index in [1.54, 1.807) is 7.11 Å². The Morgan fingerprint density at radius 2 is 2.13 bits per heavy atom. The molecule has 0 radical (unpaired) electrons. The molecule has 1 aromatic rings. The first-order valence-corrected chi connectivity index (χ1v) is 5.75. The Labute approximate surface area is 95.5 Å². The van der Waals surface area contributed by atoms with Crippen LogP contribution in [0.3, 0.4) is 0 Å². The van der Waals surface area contributed by atoms with Crippen LogP contribution in [0, 0.1) is 0 Å². The molecule has 15 heavy (non-hydrogen) atoms. The third kappa shape index (κ3) is 2.51. The van der Waals surface area contributed by atoms with Crippen LogP contribution in [-0.2, 0) is 24.2 Å². The lowest BCUT2D eigenvalue weighted by molar-refractivity contribution is 0.0867. The van der Waals surface area contributed by atoms with Crippen molar-refractivity contribution < 1.29 is 4.84 Å². The minimum Gasteiger partial charge on any atom is -0.305 e. The molecule has 0 bridgehead atoms. The average Bonchev–Trinajstić information content (AvgIpc) is 2.26. The fraction of sp³-hybridized carbons (Fsp3) is 0.500. The zero-order chi connectivity index (χ0) is 10.7. The van der Waals surface area contributed by atoms with Crippen molar-refractivity contribution in [1.29, 1.82) is 0 Å². The van der Waals surface area contributed by atoms with E-state index in [2.05, 4.69) is 11.5 Å². The molecule has 0 heterocycles. The highest BCUT2D eigenvalue weighted by atomic mass is 35.5. The van der Waals surface area contributed by atoms with E-state index in [1.165, 1.54) is 29.5 Å². The summed E-state index contributed by atoms with van der Waals surface area (Å²) in [6, 6.07) is 4.28. The van der Waals surface area contributed by atoms with E-state index in [0.717, 1.165) is 17.9 Å². The normalized spacial score (nSPS) is 15.1. The second kappa shape index (κ2) is 4.97. The number of benzene rings is 1. The topological polar surface area (TPSA) is 21.3 Å². The predicted octanol–water partition coefficient (Wildman–Crippen LogP) is 2.87. The molecule has 0 saturated heterocycles. The van der Waals surface area contributed by atoms with Crippen molar-refractivity contribution in [2.75, 3.05) is 7.11 Å². The molecule has 1 aliphatic carbocycles. The van der Waals surface area contributed by atoms with E-state index in [4.69, 9.17) is 16.4 Å². The van der Waals surface area contributed by atoms with Crippen LogP contribution in [0.2, 0.25) is 5.02 Å². The molecule has 2 rings (SSSR count). The summed E-state index contributed by atoms with van der Waals surface area (Å²) in [5.74, 6) is 0. The molecular formula is C12H16ClNO. The summed E-state index contributed by atoms with van der Waals surface area (Å²) < 4.78 is 0. The van der Waals surface area contributed by atoms with Crippen LogP contribution < -0.4 is 5.48 Å². The average molecular weight is 226 g/mol. The van der Waals surface area contributed by atoms with Gasteiger partial charge in [-0.1, -0.05) is 17.7 Å². The Balaban J connectivity index is 2.24. The minimum atomic E-state index is 0.712. The quantitative estimate of drug-likeness (QED) is 0.799. The number of rotatable bonds is 3. The first-order valence-electron chi connectivity index (χ1n) is 5.37. The summed E-state index contributed by atoms with van der Waals surface area (Å²) in [6.07, 6.45) is 4.84. The number of nitrogens with one attached hydrogen (secondary N) is 1. The number of aryl methyl sites for hydroxylation is 1. The Morgan fingerprint density at radius 3 is 2.93 bits per heavy atom. The summed E-state index contributed by atoms with van der Waals surface area (Å²) in [5.41, 5.74) is 6.81. The van der Waals surface area contributed by atoms with Crippen molar-refractivity contribution >= 4 is 11.6 Å². The molecule has 1 aliphatic rings. The largest absolute Gasteiger partial charge is 0.305 e. The van der Waals surface area contributed by atoms with E-state index in [1.807, 2.05) is 6.07 Å². The van der Waals surface area contributed by atoms with Crippen LogP contribution in [0.4, 0.5) is 0 Å². The highest BCUT2D eigenvalue weighted by molar-refractivity contribution is 6.31. The molecule has 1 aromatic carbocycles. The van der Waals surface area contributed by atoms with Gasteiger partial charge in [0.25, 0.3) is 0 Å². The number of hydrogen-bond donors (Lipinski definition) is 1. The van der Waals surface area contributed by atoms with Crippen LogP contribution in [0.25, 0.3) is 0 Å². The number of fused-ring (bicyclic) bond motifs is 1. The molecule has 0 unspecified atom stereocenters. The van der Waals surface area contributed by atoms with Gasteiger partial charge in [0, 0.05) is 11.6 Å². The molecular weight excluding hydrogens is 210 g/mol. The summed E-state index contributed by atoms with van der Waals surface area (Å²) in [7, 11) is 1.63. The van der Waals surface area contributed by atoms with Crippen molar-refractivity contribution in [3.05, 3.63) is 33.8 Å². The third-order valence-electron chi connectivity index (χ3n) is 2.89. The van der Waals surface area contributed by atoms with Crippen LogP contribution in [-0.4, -0.2) is 7.11 Å². The maximum absolute atomic E-state index is 6.26. The van der Waals surface area contributed by atoms with Gasteiger partial charge in [0.15, 0.2) is 0 Å². The Kier molecular flexibility index (Phi) is 3.62. The van der Waals surface area contributed by atoms with E-state index >= 15 is 0 Å². The minimum absolute atomic E-state index is 0.712. The number of hydrogen-bond acceptors (Lipinski definition) is 2. The lowest BCUT2D eigenvalue weighted by atomic mass is 9.90. The van der Waals surface area contributed by atoms with Gasteiger partial charge in [0.2, 0.25) is 0 Å². The molecule has 2 nitrogen and oxygen atoms in total.